The standard InChI is InChI=1S/Mo.Nd.3O/q+6;;3*-2. The van der Waals surface area contributed by atoms with E-state index < -0.39 is 0 Å². The maximum atomic E-state index is 0. The topological polar surface area (TPSA) is 85.5 Å². The van der Waals surface area contributed by atoms with Gasteiger partial charge in [0.05, 0.1) is 0 Å². The molecule has 0 aliphatic rings. The van der Waals surface area contributed by atoms with E-state index in [9.17, 15) is 0 Å². The molecule has 0 heterocycles. The van der Waals surface area contributed by atoms with Gasteiger partial charge in [0, 0.05) is 40.8 Å². The predicted molar refractivity (Wildman–Crippen MR) is 2.06 cm³/mol. The van der Waals surface area contributed by atoms with Gasteiger partial charge in [0.25, 0.3) is 0 Å². The molecule has 0 atom stereocenters. The molecule has 0 bridgehead atoms. The summed E-state index contributed by atoms with van der Waals surface area (Å²) in [5.74, 6) is 0. The summed E-state index contributed by atoms with van der Waals surface area (Å²) in [4.78, 5) is 0. The number of hydrogen-bond donors (Lipinski definition) is 0. The Morgan fingerprint density at radius 2 is 0.600 bits per heavy atom. The second-order valence-corrected chi connectivity index (χ2v) is 0. The van der Waals surface area contributed by atoms with Crippen molar-refractivity contribution in [1.82, 2.24) is 0 Å². The minimum absolute atomic E-state index is 0. The van der Waals surface area contributed by atoms with Gasteiger partial charge in [-0.1, -0.05) is 0 Å². The Hall–Kier alpha value is 1.92. The molecule has 5 heavy (non-hydrogen) atoms. The molecule has 0 aromatic carbocycles. The van der Waals surface area contributed by atoms with Crippen LogP contribution in [0.3, 0.4) is 0 Å². The van der Waals surface area contributed by atoms with E-state index in [4.69, 9.17) is 0 Å². The van der Waals surface area contributed by atoms with E-state index in [0.29, 0.717) is 0 Å². The van der Waals surface area contributed by atoms with Crippen LogP contribution >= 0.6 is 0 Å². The molecule has 0 fully saturated rings. The van der Waals surface area contributed by atoms with Crippen LogP contribution in [0, 0.1) is 40.8 Å². The molecule has 0 unspecified atom stereocenters. The average Bonchev–Trinajstić information content (AvgIpc) is 0. The number of hydrogen-bond acceptors (Lipinski definition) is 0. The third-order valence-electron chi connectivity index (χ3n) is 0. The Morgan fingerprint density at radius 3 is 0.600 bits per heavy atom. The van der Waals surface area contributed by atoms with Crippen LogP contribution in [0.1, 0.15) is 0 Å². The van der Waals surface area contributed by atoms with E-state index in [2.05, 4.69) is 0 Å². The molecular weight excluding hydrogens is 288 g/mol. The van der Waals surface area contributed by atoms with Gasteiger partial charge in [0.1, 0.15) is 0 Å². The normalized spacial score (nSPS) is 0. The third-order valence-corrected chi connectivity index (χ3v) is 0. The summed E-state index contributed by atoms with van der Waals surface area (Å²) in [7, 11) is 0. The van der Waals surface area contributed by atoms with E-state index in [0.717, 1.165) is 0 Å². The molecule has 0 saturated heterocycles. The first kappa shape index (κ1) is 65.8. The summed E-state index contributed by atoms with van der Waals surface area (Å²) in [6, 6.07) is 0. The fraction of sp³-hybridized carbons (Fsp3) is 0. The van der Waals surface area contributed by atoms with Gasteiger partial charge in [0.15, 0.2) is 0 Å². The molecule has 0 aromatic rings. The van der Waals surface area contributed by atoms with Crippen molar-refractivity contribution < 1.29 is 78.3 Å². The maximum absolute atomic E-state index is 0. The van der Waals surface area contributed by atoms with Crippen LogP contribution in [-0.4, -0.2) is 0 Å². The summed E-state index contributed by atoms with van der Waals surface area (Å²) in [5.41, 5.74) is 0. The van der Waals surface area contributed by atoms with E-state index in [1.165, 1.54) is 0 Å². The van der Waals surface area contributed by atoms with Crippen molar-refractivity contribution in [2.45, 2.75) is 0 Å². The molecule has 3 nitrogen and oxygen atoms in total. The summed E-state index contributed by atoms with van der Waals surface area (Å²) < 4.78 is 0. The molecule has 0 aliphatic heterocycles. The Morgan fingerprint density at radius 1 is 0.600 bits per heavy atom. The van der Waals surface area contributed by atoms with Gasteiger partial charge in [-0.15, -0.1) is 0 Å². The Labute approximate surface area is 77.2 Å². The van der Waals surface area contributed by atoms with Gasteiger partial charge in [-0.05, 0) is 0 Å². The fourth-order valence-corrected chi connectivity index (χ4v) is 0. The van der Waals surface area contributed by atoms with Crippen molar-refractivity contribution >= 4 is 0 Å². The van der Waals surface area contributed by atoms with Crippen LogP contribution < -0.4 is 0 Å². The molecule has 0 aliphatic carbocycles. The zero-order valence-electron chi connectivity index (χ0n) is 2.13. The van der Waals surface area contributed by atoms with Crippen LogP contribution in [0.15, 0.2) is 0 Å². The minimum atomic E-state index is 0. The molecule has 0 amide bonds. The number of rotatable bonds is 0. The minimum Gasteiger partial charge on any atom is -2.00 e. The van der Waals surface area contributed by atoms with E-state index in [1.54, 1.807) is 0 Å². The summed E-state index contributed by atoms with van der Waals surface area (Å²) in [6.45, 7) is 0. The molecule has 5 heteroatoms. The van der Waals surface area contributed by atoms with Crippen molar-refractivity contribution in [2.75, 3.05) is 0 Å². The fourth-order valence-electron chi connectivity index (χ4n) is 0. The van der Waals surface area contributed by atoms with Crippen LogP contribution in [-0.2, 0) is 37.5 Å². The second kappa shape index (κ2) is 38.9. The molecule has 0 aromatic heterocycles. The average molecular weight is 288 g/mol. The molecule has 0 rings (SSSR count). The van der Waals surface area contributed by atoms with Crippen LogP contribution in [0.25, 0.3) is 0 Å². The smallest absolute Gasteiger partial charge is 2.00 e. The summed E-state index contributed by atoms with van der Waals surface area (Å²) >= 11 is 0. The molecule has 0 radical (unpaired) electrons. The van der Waals surface area contributed by atoms with Crippen molar-refractivity contribution in [3.8, 4) is 0 Å². The van der Waals surface area contributed by atoms with E-state index in [-0.39, 0.29) is 78.3 Å². The van der Waals surface area contributed by atoms with Gasteiger partial charge >= 0.3 is 21.1 Å². The summed E-state index contributed by atoms with van der Waals surface area (Å²) in [6.07, 6.45) is 0. The van der Waals surface area contributed by atoms with Crippen LogP contribution in [0.2, 0.25) is 0 Å². The van der Waals surface area contributed by atoms with E-state index in [1.807, 2.05) is 0 Å². The van der Waals surface area contributed by atoms with Gasteiger partial charge in [-0.2, -0.15) is 0 Å². The second-order valence-electron chi connectivity index (χ2n) is 0. The van der Waals surface area contributed by atoms with Crippen molar-refractivity contribution in [2.24, 2.45) is 0 Å². The SMILES string of the molecule is [Mo+6].[Nd].[O-2].[O-2].[O-2]. The van der Waals surface area contributed by atoms with Crippen molar-refractivity contribution in [3.63, 3.8) is 0 Å². The Bertz CT molecular complexity index is 6.85. The zero-order valence-corrected chi connectivity index (χ0v) is 7.35. The predicted octanol–water partition coefficient (Wildman–Crippen LogP) is -0.359. The Balaban J connectivity index is 0. The molecule has 0 spiro atoms. The van der Waals surface area contributed by atoms with Crippen molar-refractivity contribution in [1.29, 1.82) is 0 Å². The molecular formula is MoNdO3. The van der Waals surface area contributed by atoms with Crippen LogP contribution in [0.5, 0.6) is 0 Å². The molecule has 0 saturated carbocycles. The zero-order chi connectivity index (χ0) is 0. The monoisotopic (exact) mass is 288 g/mol. The van der Waals surface area contributed by atoms with Crippen molar-refractivity contribution in [3.05, 3.63) is 0 Å². The van der Waals surface area contributed by atoms with Gasteiger partial charge in [0.2, 0.25) is 0 Å². The first-order valence-electron chi connectivity index (χ1n) is 0. The van der Waals surface area contributed by atoms with Gasteiger partial charge in [-0.25, -0.2) is 0 Å². The molecule has 28 valence electrons. The molecule has 0 N–H and O–H groups in total. The third kappa shape index (κ3) is 24.7. The largest absolute Gasteiger partial charge is 6.00 e. The summed E-state index contributed by atoms with van der Waals surface area (Å²) in [5, 5.41) is 0. The van der Waals surface area contributed by atoms with Gasteiger partial charge < -0.3 is 16.4 Å². The Kier molecular flexibility index (Phi) is 512. The first-order chi connectivity index (χ1) is 0. The van der Waals surface area contributed by atoms with Gasteiger partial charge in [-0.3, -0.25) is 0 Å². The first-order valence-corrected chi connectivity index (χ1v) is 0. The maximum Gasteiger partial charge on any atom is 6.00 e. The quantitative estimate of drug-likeness (QED) is 0.545. The van der Waals surface area contributed by atoms with Crippen LogP contribution in [0.4, 0.5) is 0 Å². The van der Waals surface area contributed by atoms with E-state index >= 15 is 0 Å².